The molecule has 0 aliphatic heterocycles. The SMILES string of the molecule is CC(=O)C(C)CSCc1ccccc1. The van der Waals surface area contributed by atoms with E-state index in [2.05, 4.69) is 12.1 Å². The Hall–Kier alpha value is -0.760. The van der Waals surface area contributed by atoms with Crippen LogP contribution in [0.2, 0.25) is 0 Å². The van der Waals surface area contributed by atoms with E-state index in [0.29, 0.717) is 0 Å². The average molecular weight is 208 g/mol. The van der Waals surface area contributed by atoms with Gasteiger partial charge in [-0.05, 0) is 12.5 Å². The Balaban J connectivity index is 2.26. The number of thioether (sulfide) groups is 1. The van der Waals surface area contributed by atoms with Crippen molar-refractivity contribution in [2.24, 2.45) is 5.92 Å². The number of ketones is 1. The van der Waals surface area contributed by atoms with Crippen LogP contribution in [0, 0.1) is 5.92 Å². The highest BCUT2D eigenvalue weighted by atomic mass is 32.2. The lowest BCUT2D eigenvalue weighted by atomic mass is 10.1. The maximum atomic E-state index is 11.0. The molecular weight excluding hydrogens is 192 g/mol. The van der Waals surface area contributed by atoms with E-state index in [-0.39, 0.29) is 11.7 Å². The predicted octanol–water partition coefficient (Wildman–Crippen LogP) is 3.14. The molecule has 0 amide bonds. The number of carbonyl (C=O) groups is 1. The van der Waals surface area contributed by atoms with Crippen LogP contribution in [0.1, 0.15) is 19.4 Å². The van der Waals surface area contributed by atoms with Gasteiger partial charge in [0.15, 0.2) is 0 Å². The molecule has 76 valence electrons. The Morgan fingerprint density at radius 3 is 2.57 bits per heavy atom. The van der Waals surface area contributed by atoms with Crippen LogP contribution in [0.4, 0.5) is 0 Å². The Bertz CT molecular complexity index is 282. The summed E-state index contributed by atoms with van der Waals surface area (Å²) >= 11 is 1.82. The molecule has 1 aromatic carbocycles. The number of hydrogen-bond acceptors (Lipinski definition) is 2. The van der Waals surface area contributed by atoms with Crippen molar-refractivity contribution in [3.8, 4) is 0 Å². The molecule has 0 aliphatic carbocycles. The van der Waals surface area contributed by atoms with Crippen molar-refractivity contribution in [3.63, 3.8) is 0 Å². The molecule has 0 bridgehead atoms. The van der Waals surface area contributed by atoms with Crippen molar-refractivity contribution in [2.75, 3.05) is 5.75 Å². The Labute approximate surface area is 89.9 Å². The number of benzene rings is 1. The van der Waals surface area contributed by atoms with Crippen molar-refractivity contribution >= 4 is 17.5 Å². The fourth-order valence-corrected chi connectivity index (χ4v) is 2.18. The van der Waals surface area contributed by atoms with Crippen molar-refractivity contribution in [1.29, 1.82) is 0 Å². The van der Waals surface area contributed by atoms with Crippen LogP contribution in [0.5, 0.6) is 0 Å². The number of rotatable bonds is 5. The summed E-state index contributed by atoms with van der Waals surface area (Å²) in [4.78, 5) is 11.0. The molecule has 0 aliphatic rings. The normalized spacial score (nSPS) is 12.4. The van der Waals surface area contributed by atoms with Crippen molar-refractivity contribution < 1.29 is 4.79 Å². The van der Waals surface area contributed by atoms with E-state index in [1.54, 1.807) is 6.92 Å². The van der Waals surface area contributed by atoms with Crippen LogP contribution < -0.4 is 0 Å². The predicted molar refractivity (Wildman–Crippen MR) is 62.4 cm³/mol. The van der Waals surface area contributed by atoms with Gasteiger partial charge in [0.2, 0.25) is 0 Å². The minimum Gasteiger partial charge on any atom is -0.300 e. The lowest BCUT2D eigenvalue weighted by Gasteiger charge is -2.06. The van der Waals surface area contributed by atoms with E-state index >= 15 is 0 Å². The summed E-state index contributed by atoms with van der Waals surface area (Å²) in [5, 5.41) is 0. The van der Waals surface area contributed by atoms with Crippen LogP contribution in [0.3, 0.4) is 0 Å². The molecule has 2 heteroatoms. The summed E-state index contributed by atoms with van der Waals surface area (Å²) in [7, 11) is 0. The molecule has 0 heterocycles. The first kappa shape index (κ1) is 11.3. The van der Waals surface area contributed by atoms with Gasteiger partial charge in [0.1, 0.15) is 5.78 Å². The quantitative estimate of drug-likeness (QED) is 0.739. The van der Waals surface area contributed by atoms with Crippen LogP contribution in [-0.2, 0) is 10.5 Å². The number of carbonyl (C=O) groups excluding carboxylic acids is 1. The molecule has 0 N–H and O–H groups in total. The van der Waals surface area contributed by atoms with Gasteiger partial charge in [-0.25, -0.2) is 0 Å². The summed E-state index contributed by atoms with van der Waals surface area (Å²) < 4.78 is 0. The van der Waals surface area contributed by atoms with E-state index in [9.17, 15) is 4.79 Å². The molecule has 1 unspecified atom stereocenters. The highest BCUT2D eigenvalue weighted by Crippen LogP contribution is 2.15. The largest absolute Gasteiger partial charge is 0.300 e. The molecule has 0 spiro atoms. The van der Waals surface area contributed by atoms with E-state index < -0.39 is 0 Å². The fourth-order valence-electron chi connectivity index (χ4n) is 1.05. The molecule has 1 atom stereocenters. The second kappa shape index (κ2) is 5.86. The smallest absolute Gasteiger partial charge is 0.133 e. The first-order valence-electron chi connectivity index (χ1n) is 4.82. The molecule has 0 saturated heterocycles. The molecule has 0 saturated carbocycles. The van der Waals surface area contributed by atoms with Crippen molar-refractivity contribution in [2.45, 2.75) is 19.6 Å². The average Bonchev–Trinajstić information content (AvgIpc) is 2.19. The third-order valence-electron chi connectivity index (χ3n) is 2.17. The van der Waals surface area contributed by atoms with Gasteiger partial charge in [-0.1, -0.05) is 37.3 Å². The summed E-state index contributed by atoms with van der Waals surface area (Å²) in [6, 6.07) is 10.3. The molecule has 0 fully saturated rings. The lowest BCUT2D eigenvalue weighted by Crippen LogP contribution is -2.08. The third kappa shape index (κ3) is 3.97. The zero-order chi connectivity index (χ0) is 10.4. The van der Waals surface area contributed by atoms with Crippen LogP contribution in [0.25, 0.3) is 0 Å². The Morgan fingerprint density at radius 1 is 1.36 bits per heavy atom. The zero-order valence-electron chi connectivity index (χ0n) is 8.69. The summed E-state index contributed by atoms with van der Waals surface area (Å²) in [6.07, 6.45) is 0. The fraction of sp³-hybridized carbons (Fsp3) is 0.417. The minimum atomic E-state index is 0.184. The van der Waals surface area contributed by atoms with Crippen molar-refractivity contribution in [3.05, 3.63) is 35.9 Å². The Morgan fingerprint density at radius 2 is 2.00 bits per heavy atom. The molecule has 14 heavy (non-hydrogen) atoms. The maximum absolute atomic E-state index is 11.0. The second-order valence-electron chi connectivity index (χ2n) is 3.51. The van der Waals surface area contributed by atoms with Gasteiger partial charge in [-0.2, -0.15) is 11.8 Å². The van der Waals surface area contributed by atoms with Crippen molar-refractivity contribution in [1.82, 2.24) is 0 Å². The summed E-state index contributed by atoms with van der Waals surface area (Å²) in [6.45, 7) is 3.65. The maximum Gasteiger partial charge on any atom is 0.133 e. The number of Topliss-reactive ketones (excluding diaryl/α,β-unsaturated/α-hetero) is 1. The van der Waals surface area contributed by atoms with Crippen LogP contribution in [-0.4, -0.2) is 11.5 Å². The summed E-state index contributed by atoms with van der Waals surface area (Å²) in [5.41, 5.74) is 1.33. The molecule has 1 aromatic rings. The van der Waals surface area contributed by atoms with Gasteiger partial charge >= 0.3 is 0 Å². The second-order valence-corrected chi connectivity index (χ2v) is 4.54. The minimum absolute atomic E-state index is 0.184. The molecule has 1 nitrogen and oxygen atoms in total. The molecular formula is C12H16OS. The van der Waals surface area contributed by atoms with Gasteiger partial charge in [0.25, 0.3) is 0 Å². The number of hydrogen-bond donors (Lipinski definition) is 0. The topological polar surface area (TPSA) is 17.1 Å². The molecule has 0 radical (unpaired) electrons. The van der Waals surface area contributed by atoms with Gasteiger partial charge in [0, 0.05) is 17.4 Å². The van der Waals surface area contributed by atoms with E-state index in [1.165, 1.54) is 5.56 Å². The Kier molecular flexibility index (Phi) is 4.74. The van der Waals surface area contributed by atoms with Gasteiger partial charge in [-0.3, -0.25) is 4.79 Å². The molecule has 0 aromatic heterocycles. The zero-order valence-corrected chi connectivity index (χ0v) is 9.51. The highest BCUT2D eigenvalue weighted by molar-refractivity contribution is 7.98. The van der Waals surface area contributed by atoms with E-state index in [0.717, 1.165) is 11.5 Å². The summed E-state index contributed by atoms with van der Waals surface area (Å²) in [5.74, 6) is 2.39. The van der Waals surface area contributed by atoms with E-state index in [4.69, 9.17) is 0 Å². The van der Waals surface area contributed by atoms with Gasteiger partial charge < -0.3 is 0 Å². The van der Waals surface area contributed by atoms with Crippen LogP contribution in [0.15, 0.2) is 30.3 Å². The first-order chi connectivity index (χ1) is 6.70. The highest BCUT2D eigenvalue weighted by Gasteiger charge is 2.06. The van der Waals surface area contributed by atoms with Gasteiger partial charge in [0.05, 0.1) is 0 Å². The molecule has 1 rings (SSSR count). The van der Waals surface area contributed by atoms with E-state index in [1.807, 2.05) is 36.9 Å². The monoisotopic (exact) mass is 208 g/mol. The standard InChI is InChI=1S/C12H16OS/c1-10(11(2)13)8-14-9-12-6-4-3-5-7-12/h3-7,10H,8-9H2,1-2H3. The van der Waals surface area contributed by atoms with Gasteiger partial charge in [-0.15, -0.1) is 0 Å². The third-order valence-corrected chi connectivity index (χ3v) is 3.45. The van der Waals surface area contributed by atoms with Crippen LogP contribution >= 0.6 is 11.8 Å². The first-order valence-corrected chi connectivity index (χ1v) is 5.97. The lowest BCUT2D eigenvalue weighted by molar-refractivity contribution is -0.119.